The van der Waals surface area contributed by atoms with Crippen LogP contribution in [0.1, 0.15) is 161 Å². The average Bonchev–Trinajstić information content (AvgIpc) is 3.54. The van der Waals surface area contributed by atoms with Crippen molar-refractivity contribution in [3.8, 4) is 16.9 Å². The first-order valence-electron chi connectivity index (χ1n) is 20.8. The maximum absolute atomic E-state index is 12.3. The first-order chi connectivity index (χ1) is 24.1. The van der Waals surface area contributed by atoms with E-state index in [2.05, 4.69) is 74.2 Å². The molecule has 276 valence electrons. The number of aryl methyl sites for hydroxylation is 1. The summed E-state index contributed by atoms with van der Waals surface area (Å²) in [5.41, 5.74) is 3.54. The van der Waals surface area contributed by atoms with Gasteiger partial charge in [0, 0.05) is 19.5 Å². The fourth-order valence-electron chi connectivity index (χ4n) is 7.53. The van der Waals surface area contributed by atoms with Crippen molar-refractivity contribution >= 4 is 5.97 Å². The lowest BCUT2D eigenvalue weighted by Gasteiger charge is -2.15. The van der Waals surface area contributed by atoms with Crippen molar-refractivity contribution in [2.24, 2.45) is 11.8 Å². The Bertz CT molecular complexity index is 1070. The van der Waals surface area contributed by atoms with E-state index in [4.69, 9.17) is 9.47 Å². The molecule has 4 nitrogen and oxygen atoms in total. The summed E-state index contributed by atoms with van der Waals surface area (Å²) in [7, 11) is 0. The van der Waals surface area contributed by atoms with E-state index in [0.717, 1.165) is 49.9 Å². The number of hydrogen-bond acceptors (Lipinski definition) is 4. The van der Waals surface area contributed by atoms with Crippen LogP contribution in [-0.2, 0) is 16.0 Å². The Morgan fingerprint density at radius 2 is 1.06 bits per heavy atom. The van der Waals surface area contributed by atoms with Gasteiger partial charge in [-0.2, -0.15) is 0 Å². The smallest absolute Gasteiger partial charge is 0.306 e. The molecule has 0 spiro atoms. The minimum absolute atomic E-state index is 0.0774. The van der Waals surface area contributed by atoms with Gasteiger partial charge < -0.3 is 14.4 Å². The van der Waals surface area contributed by atoms with Gasteiger partial charge in [-0.15, -0.1) is 0 Å². The van der Waals surface area contributed by atoms with Crippen LogP contribution in [0.2, 0.25) is 0 Å². The number of unbranched alkanes of at least 4 members (excludes halogenated alkanes) is 16. The number of esters is 1. The third kappa shape index (κ3) is 17.9. The van der Waals surface area contributed by atoms with Crippen LogP contribution >= 0.6 is 0 Å². The molecule has 1 saturated heterocycles. The Balaban J connectivity index is 1.13. The number of rotatable bonds is 29. The number of hydrogen-bond donors (Lipinski definition) is 0. The Morgan fingerprint density at radius 1 is 0.592 bits per heavy atom. The second kappa shape index (κ2) is 26.5. The molecule has 4 heteroatoms. The highest BCUT2D eigenvalue weighted by atomic mass is 16.5. The molecule has 2 aromatic rings. The van der Waals surface area contributed by atoms with E-state index in [1.165, 1.54) is 145 Å². The molecule has 3 rings (SSSR count). The quantitative estimate of drug-likeness (QED) is 0.0635. The molecule has 1 aliphatic heterocycles. The SMILES string of the molecule is CCCCCCCCCCCOc1ccc(-c2ccc(CCC(=O)OCCCCCCCCCCCN3CC(CC)C(CC)C3)cc2)cc1. The van der Waals surface area contributed by atoms with Gasteiger partial charge in [0.05, 0.1) is 13.2 Å². The lowest BCUT2D eigenvalue weighted by molar-refractivity contribution is -0.143. The van der Waals surface area contributed by atoms with Gasteiger partial charge in [-0.05, 0) is 72.9 Å². The van der Waals surface area contributed by atoms with Gasteiger partial charge in [-0.3, -0.25) is 4.79 Å². The second-order valence-electron chi connectivity index (χ2n) is 14.9. The van der Waals surface area contributed by atoms with Gasteiger partial charge in [0.25, 0.3) is 0 Å². The highest BCUT2D eigenvalue weighted by Crippen LogP contribution is 2.29. The first kappa shape index (κ1) is 41.1. The Kier molecular flexibility index (Phi) is 22.2. The fraction of sp³-hybridized carbons (Fsp3) is 0.711. The average molecular weight is 676 g/mol. The molecular formula is C45H73NO3. The van der Waals surface area contributed by atoms with Crippen molar-refractivity contribution in [3.05, 3.63) is 54.1 Å². The molecule has 2 unspecified atom stereocenters. The zero-order valence-corrected chi connectivity index (χ0v) is 32.0. The van der Waals surface area contributed by atoms with Crippen molar-refractivity contribution in [1.82, 2.24) is 4.90 Å². The minimum atomic E-state index is -0.0774. The molecule has 0 aliphatic carbocycles. The molecule has 0 amide bonds. The molecular weight excluding hydrogens is 602 g/mol. The molecule has 49 heavy (non-hydrogen) atoms. The third-order valence-corrected chi connectivity index (χ3v) is 10.9. The van der Waals surface area contributed by atoms with Crippen LogP contribution in [0, 0.1) is 11.8 Å². The Morgan fingerprint density at radius 3 is 1.59 bits per heavy atom. The number of ether oxygens (including phenoxy) is 2. The Labute approximate surface area is 302 Å². The summed E-state index contributed by atoms with van der Waals surface area (Å²) < 4.78 is 11.5. The number of nitrogens with zero attached hydrogens (tertiary/aromatic N) is 1. The van der Waals surface area contributed by atoms with E-state index in [1.807, 2.05) is 0 Å². The highest BCUT2D eigenvalue weighted by molar-refractivity contribution is 5.70. The summed E-state index contributed by atoms with van der Waals surface area (Å²) in [5, 5.41) is 0. The van der Waals surface area contributed by atoms with Crippen molar-refractivity contribution < 1.29 is 14.3 Å². The second-order valence-corrected chi connectivity index (χ2v) is 14.9. The van der Waals surface area contributed by atoms with Crippen LogP contribution in [0.25, 0.3) is 11.1 Å². The van der Waals surface area contributed by atoms with Crippen LogP contribution in [0.15, 0.2) is 48.5 Å². The predicted molar refractivity (Wildman–Crippen MR) is 209 cm³/mol. The number of benzene rings is 2. The molecule has 0 bridgehead atoms. The van der Waals surface area contributed by atoms with E-state index in [-0.39, 0.29) is 5.97 Å². The van der Waals surface area contributed by atoms with Gasteiger partial charge in [-0.25, -0.2) is 0 Å². The van der Waals surface area contributed by atoms with Crippen LogP contribution in [0.5, 0.6) is 5.75 Å². The summed E-state index contributed by atoms with van der Waals surface area (Å²) in [6.45, 7) is 12.3. The van der Waals surface area contributed by atoms with Crippen molar-refractivity contribution in [3.63, 3.8) is 0 Å². The van der Waals surface area contributed by atoms with Gasteiger partial charge >= 0.3 is 5.97 Å². The fourth-order valence-corrected chi connectivity index (χ4v) is 7.53. The van der Waals surface area contributed by atoms with Gasteiger partial charge in [0.15, 0.2) is 0 Å². The topological polar surface area (TPSA) is 38.8 Å². The summed E-state index contributed by atoms with van der Waals surface area (Å²) in [6, 6.07) is 17.0. The van der Waals surface area contributed by atoms with Crippen LogP contribution < -0.4 is 4.74 Å². The van der Waals surface area contributed by atoms with Crippen LogP contribution in [-0.4, -0.2) is 43.7 Å². The predicted octanol–water partition coefficient (Wildman–Crippen LogP) is 12.6. The maximum Gasteiger partial charge on any atom is 0.306 e. The van der Waals surface area contributed by atoms with Gasteiger partial charge in [0.1, 0.15) is 5.75 Å². The molecule has 2 aromatic carbocycles. The van der Waals surface area contributed by atoms with E-state index < -0.39 is 0 Å². The van der Waals surface area contributed by atoms with E-state index in [9.17, 15) is 4.79 Å². The first-order valence-corrected chi connectivity index (χ1v) is 20.8. The maximum atomic E-state index is 12.3. The van der Waals surface area contributed by atoms with Gasteiger partial charge in [0.2, 0.25) is 0 Å². The summed E-state index contributed by atoms with van der Waals surface area (Å²) in [6.07, 6.45) is 27.4. The molecule has 0 aromatic heterocycles. The van der Waals surface area contributed by atoms with Gasteiger partial charge in [-0.1, -0.05) is 166 Å². The Hall–Kier alpha value is -2.33. The zero-order valence-electron chi connectivity index (χ0n) is 32.0. The normalized spacial score (nSPS) is 16.3. The number of likely N-dealkylation sites (tertiary alicyclic amines) is 1. The summed E-state index contributed by atoms with van der Waals surface area (Å²) >= 11 is 0. The molecule has 1 aliphatic rings. The van der Waals surface area contributed by atoms with E-state index in [0.29, 0.717) is 13.0 Å². The summed E-state index contributed by atoms with van der Waals surface area (Å²) in [4.78, 5) is 15.0. The standard InChI is InChI=1S/C45H73NO3/c1-4-7-8-9-10-13-16-19-22-35-48-44-31-29-43(30-32-44)42-27-24-39(25-28-42)26-33-45(47)49-36-23-20-17-14-11-12-15-18-21-34-46-37-40(5-2)41(6-3)38-46/h24-25,27-32,40-41H,4-23,26,33-38H2,1-3H3. The molecule has 2 atom stereocenters. The minimum Gasteiger partial charge on any atom is -0.494 e. The molecule has 0 saturated carbocycles. The van der Waals surface area contributed by atoms with Crippen molar-refractivity contribution in [2.45, 2.75) is 162 Å². The lowest BCUT2D eigenvalue weighted by Crippen LogP contribution is -2.22. The summed E-state index contributed by atoms with van der Waals surface area (Å²) in [5.74, 6) is 2.74. The van der Waals surface area contributed by atoms with Crippen molar-refractivity contribution in [2.75, 3.05) is 32.8 Å². The highest BCUT2D eigenvalue weighted by Gasteiger charge is 2.29. The number of carbonyl (C=O) groups is 1. The lowest BCUT2D eigenvalue weighted by atomic mass is 9.92. The van der Waals surface area contributed by atoms with E-state index >= 15 is 0 Å². The van der Waals surface area contributed by atoms with Crippen LogP contribution in [0.3, 0.4) is 0 Å². The molecule has 0 radical (unpaired) electrons. The zero-order chi connectivity index (χ0) is 34.8. The molecule has 0 N–H and O–H groups in total. The largest absolute Gasteiger partial charge is 0.494 e. The molecule has 1 fully saturated rings. The van der Waals surface area contributed by atoms with Crippen LogP contribution in [0.4, 0.5) is 0 Å². The van der Waals surface area contributed by atoms with Crippen molar-refractivity contribution in [1.29, 1.82) is 0 Å². The number of carbonyl (C=O) groups excluding carboxylic acids is 1. The van der Waals surface area contributed by atoms with E-state index in [1.54, 1.807) is 0 Å². The molecule has 1 heterocycles. The third-order valence-electron chi connectivity index (χ3n) is 10.9. The monoisotopic (exact) mass is 676 g/mol.